The number of fused-ring (bicyclic) bond motifs is 3. The Morgan fingerprint density at radius 1 is 1.24 bits per heavy atom. The number of hydrogen-bond donors (Lipinski definition) is 2. The van der Waals surface area contributed by atoms with E-state index in [9.17, 15) is 5.21 Å². The Labute approximate surface area is 150 Å². The number of aromatic nitrogens is 4. The fraction of sp³-hybridized carbons (Fsp3) is 0.526. The molecule has 25 heavy (non-hydrogen) atoms. The number of aryl methyl sites for hydroxylation is 1. The molecule has 6 nitrogen and oxygen atoms in total. The van der Waals surface area contributed by atoms with Crippen LogP contribution in [0.2, 0.25) is 0 Å². The molecule has 4 rings (SSSR count). The fourth-order valence-electron chi connectivity index (χ4n) is 3.06. The number of nitrogens with zero attached hydrogens (tertiary/aromatic N) is 4. The van der Waals surface area contributed by atoms with Crippen molar-refractivity contribution in [3.05, 3.63) is 29.6 Å². The first-order valence-corrected chi connectivity index (χ1v) is 9.33. The molecule has 2 aliphatic carbocycles. The van der Waals surface area contributed by atoms with E-state index in [2.05, 4.69) is 39.6 Å². The summed E-state index contributed by atoms with van der Waals surface area (Å²) in [5.41, 5.74) is 5.51. The number of allylic oxidation sites excluding steroid dienone is 1. The maximum absolute atomic E-state index is 9.19. The second-order valence-corrected chi connectivity index (χ2v) is 5.65. The lowest BCUT2D eigenvalue weighted by Crippen LogP contribution is -2.05. The van der Waals surface area contributed by atoms with E-state index in [-0.39, 0.29) is 0 Å². The van der Waals surface area contributed by atoms with Gasteiger partial charge in [0.15, 0.2) is 5.82 Å². The van der Waals surface area contributed by atoms with Crippen LogP contribution in [0.25, 0.3) is 17.5 Å². The van der Waals surface area contributed by atoms with E-state index in [1.165, 1.54) is 17.5 Å². The largest absolute Gasteiger partial charge is 0.288 e. The van der Waals surface area contributed by atoms with Gasteiger partial charge in [-0.15, -0.1) is 5.10 Å². The van der Waals surface area contributed by atoms with Crippen LogP contribution in [0, 0.1) is 5.92 Å². The van der Waals surface area contributed by atoms with Gasteiger partial charge in [-0.25, -0.2) is 10.2 Å². The molecule has 2 aromatic rings. The second-order valence-electron chi connectivity index (χ2n) is 5.65. The Kier molecular flexibility index (Phi) is 6.70. The fourth-order valence-corrected chi connectivity index (χ4v) is 3.06. The highest BCUT2D eigenvalue weighted by atomic mass is 16.5. The van der Waals surface area contributed by atoms with E-state index in [4.69, 9.17) is 0 Å². The van der Waals surface area contributed by atoms with Gasteiger partial charge in [0.1, 0.15) is 0 Å². The van der Waals surface area contributed by atoms with Gasteiger partial charge in [-0.3, -0.25) is 10.2 Å². The molecule has 0 spiro atoms. The predicted octanol–water partition coefficient (Wildman–Crippen LogP) is 4.73. The van der Waals surface area contributed by atoms with Gasteiger partial charge in [0.05, 0.1) is 0 Å². The molecule has 2 atom stereocenters. The molecule has 136 valence electrons. The van der Waals surface area contributed by atoms with E-state index in [1.54, 1.807) is 10.9 Å². The molecular formula is C19H29N5O. The van der Waals surface area contributed by atoms with Crippen molar-refractivity contribution in [3.63, 3.8) is 0 Å². The summed E-state index contributed by atoms with van der Waals surface area (Å²) in [5.74, 6) is 2.28. The summed E-state index contributed by atoms with van der Waals surface area (Å²) in [6, 6.07) is 0. The van der Waals surface area contributed by atoms with Crippen LogP contribution in [0.5, 0.6) is 0 Å². The minimum absolute atomic E-state index is 0.369. The van der Waals surface area contributed by atoms with Crippen molar-refractivity contribution in [1.29, 1.82) is 0 Å². The predicted molar refractivity (Wildman–Crippen MR) is 102 cm³/mol. The third-order valence-electron chi connectivity index (χ3n) is 4.22. The first kappa shape index (κ1) is 19.1. The first-order valence-electron chi connectivity index (χ1n) is 9.33. The minimum atomic E-state index is 0.369. The number of hydrogen-bond acceptors (Lipinski definition) is 5. The van der Waals surface area contributed by atoms with Crippen molar-refractivity contribution in [3.8, 4) is 11.4 Å². The normalized spacial score (nSPS) is 18.8. The maximum atomic E-state index is 9.19. The van der Waals surface area contributed by atoms with Crippen LogP contribution in [-0.4, -0.2) is 25.0 Å². The Bertz CT molecular complexity index is 723. The Morgan fingerprint density at radius 3 is 2.68 bits per heavy atom. The van der Waals surface area contributed by atoms with Gasteiger partial charge in [-0.05, 0) is 35.8 Å². The van der Waals surface area contributed by atoms with E-state index < -0.39 is 0 Å². The molecule has 2 heterocycles. The van der Waals surface area contributed by atoms with Crippen molar-refractivity contribution in [2.75, 3.05) is 5.48 Å². The molecule has 0 radical (unpaired) electrons. The zero-order valence-electron chi connectivity index (χ0n) is 15.8. The lowest BCUT2D eigenvalue weighted by Gasteiger charge is -2.11. The van der Waals surface area contributed by atoms with Crippen molar-refractivity contribution >= 4 is 12.0 Å². The first-order chi connectivity index (χ1) is 12.3. The quantitative estimate of drug-likeness (QED) is 0.785. The van der Waals surface area contributed by atoms with Gasteiger partial charge in [-0.1, -0.05) is 46.8 Å². The summed E-state index contributed by atoms with van der Waals surface area (Å²) in [7, 11) is 0. The molecule has 1 fully saturated rings. The molecule has 2 aliphatic rings. The van der Waals surface area contributed by atoms with E-state index in [0.29, 0.717) is 30.2 Å². The number of pyridine rings is 1. The molecule has 2 aromatic heterocycles. The highest BCUT2D eigenvalue weighted by Gasteiger charge is 2.40. The average Bonchev–Trinajstić information content (AvgIpc) is 3.38. The van der Waals surface area contributed by atoms with Gasteiger partial charge in [0, 0.05) is 24.5 Å². The summed E-state index contributed by atoms with van der Waals surface area (Å²) in [6.45, 7) is 10.8. The molecule has 1 saturated carbocycles. The number of anilines is 1. The summed E-state index contributed by atoms with van der Waals surface area (Å²) in [5, 5.41) is 13.7. The lowest BCUT2D eigenvalue weighted by molar-refractivity contribution is 0.375. The molecule has 0 saturated heterocycles. The SMILES string of the molecule is CC.CC.CCCn1nc(-c2cncc3c2C=CC2CC32)nc1NO. The zero-order chi connectivity index (χ0) is 18.4. The molecular weight excluding hydrogens is 314 g/mol. The molecule has 6 heteroatoms. The van der Waals surface area contributed by atoms with Crippen LogP contribution in [0.3, 0.4) is 0 Å². The van der Waals surface area contributed by atoms with E-state index in [0.717, 1.165) is 12.0 Å². The van der Waals surface area contributed by atoms with Crippen LogP contribution in [0.15, 0.2) is 18.5 Å². The maximum Gasteiger partial charge on any atom is 0.245 e. The van der Waals surface area contributed by atoms with Crippen LogP contribution < -0.4 is 5.48 Å². The summed E-state index contributed by atoms with van der Waals surface area (Å²) in [6.07, 6.45) is 10.3. The van der Waals surface area contributed by atoms with Gasteiger partial charge in [0.2, 0.25) is 5.95 Å². The Hall–Kier alpha value is -2.21. The topological polar surface area (TPSA) is 75.9 Å². The van der Waals surface area contributed by atoms with Gasteiger partial charge in [-0.2, -0.15) is 4.98 Å². The number of nitrogens with one attached hydrogen (secondary N) is 1. The third kappa shape index (κ3) is 3.74. The molecule has 0 aromatic carbocycles. The highest BCUT2D eigenvalue weighted by molar-refractivity contribution is 5.75. The van der Waals surface area contributed by atoms with Crippen molar-refractivity contribution in [1.82, 2.24) is 19.7 Å². The van der Waals surface area contributed by atoms with Crippen LogP contribution in [0.4, 0.5) is 5.95 Å². The van der Waals surface area contributed by atoms with Crippen LogP contribution >= 0.6 is 0 Å². The monoisotopic (exact) mass is 343 g/mol. The van der Waals surface area contributed by atoms with E-state index in [1.807, 2.05) is 33.9 Å². The van der Waals surface area contributed by atoms with Crippen LogP contribution in [0.1, 0.15) is 64.5 Å². The third-order valence-corrected chi connectivity index (χ3v) is 4.22. The smallest absolute Gasteiger partial charge is 0.245 e. The summed E-state index contributed by atoms with van der Waals surface area (Å²) in [4.78, 5) is 8.74. The lowest BCUT2D eigenvalue weighted by atomic mass is 9.95. The standard InChI is InChI=1S/C15H17N5O.2C2H6/c1-2-5-20-15(19-21)17-14(18-20)13-8-16-7-12-10(13)4-3-9-6-11(9)12;2*1-2/h3-4,7-9,11,21H,2,5-6H2,1H3,(H,17,18,19);2*1-2H3. The van der Waals surface area contributed by atoms with Crippen LogP contribution in [-0.2, 0) is 6.54 Å². The minimum Gasteiger partial charge on any atom is -0.288 e. The van der Waals surface area contributed by atoms with Gasteiger partial charge >= 0.3 is 0 Å². The zero-order valence-corrected chi connectivity index (χ0v) is 15.8. The highest BCUT2D eigenvalue weighted by Crippen LogP contribution is 2.53. The van der Waals surface area contributed by atoms with Gasteiger partial charge in [0.25, 0.3) is 0 Å². The van der Waals surface area contributed by atoms with Gasteiger partial charge < -0.3 is 0 Å². The molecule has 0 aliphatic heterocycles. The molecule has 0 amide bonds. The van der Waals surface area contributed by atoms with E-state index >= 15 is 0 Å². The van der Waals surface area contributed by atoms with Crippen molar-refractivity contribution in [2.45, 2.75) is 59.9 Å². The Balaban J connectivity index is 0.000000528. The summed E-state index contributed by atoms with van der Waals surface area (Å²) >= 11 is 0. The Morgan fingerprint density at radius 2 is 2.00 bits per heavy atom. The second kappa shape index (κ2) is 8.76. The molecule has 0 bridgehead atoms. The molecule has 2 unspecified atom stereocenters. The van der Waals surface area contributed by atoms with Crippen molar-refractivity contribution in [2.24, 2.45) is 5.92 Å². The van der Waals surface area contributed by atoms with Crippen molar-refractivity contribution < 1.29 is 5.21 Å². The average molecular weight is 343 g/mol. The number of rotatable bonds is 4. The molecule has 2 N–H and O–H groups in total. The summed E-state index contributed by atoms with van der Waals surface area (Å²) < 4.78 is 1.68.